The van der Waals surface area contributed by atoms with Crippen molar-refractivity contribution in [3.63, 3.8) is 0 Å². The molecule has 0 amide bonds. The largest absolute Gasteiger partial charge is 0.481 e. The molecule has 0 spiro atoms. The van der Waals surface area contributed by atoms with Gasteiger partial charge in [0, 0.05) is 0 Å². The molecule has 2 N–H and O–H groups in total. The summed E-state index contributed by atoms with van der Waals surface area (Å²) >= 11 is 0. The molecule has 0 aliphatic carbocycles. The first-order valence-corrected chi connectivity index (χ1v) is 9.18. The molecular weight excluding hydrogens is 292 g/mol. The number of carbonyl (C=O) groups is 2. The molecule has 0 saturated carbocycles. The molecule has 0 saturated heterocycles. The zero-order chi connectivity index (χ0) is 17.9. The van der Waals surface area contributed by atoms with E-state index >= 15 is 0 Å². The highest BCUT2D eigenvalue weighted by Crippen LogP contribution is 2.37. The molecule has 23 heavy (non-hydrogen) atoms. The maximum Gasteiger partial charge on any atom is 0.309 e. The van der Waals surface area contributed by atoms with Crippen LogP contribution in [0.25, 0.3) is 0 Å². The first-order valence-electron chi connectivity index (χ1n) is 9.18. The Balaban J connectivity index is 4.48. The molecule has 0 aliphatic rings. The fourth-order valence-electron chi connectivity index (χ4n) is 3.04. The van der Waals surface area contributed by atoms with Gasteiger partial charge >= 0.3 is 11.9 Å². The van der Waals surface area contributed by atoms with Gasteiger partial charge in [-0.05, 0) is 39.5 Å². The average Bonchev–Trinajstić information content (AvgIpc) is 2.48. The van der Waals surface area contributed by atoms with E-state index in [4.69, 9.17) is 5.11 Å². The summed E-state index contributed by atoms with van der Waals surface area (Å²) < 4.78 is 0. The van der Waals surface area contributed by atoms with Crippen LogP contribution in [0.5, 0.6) is 0 Å². The quantitative estimate of drug-likeness (QED) is 0.413. The maximum atomic E-state index is 11.9. The van der Waals surface area contributed by atoms with Crippen LogP contribution < -0.4 is 0 Å². The van der Waals surface area contributed by atoms with Crippen LogP contribution in [0.2, 0.25) is 0 Å². The van der Waals surface area contributed by atoms with Gasteiger partial charge in [0.2, 0.25) is 0 Å². The van der Waals surface area contributed by atoms with Gasteiger partial charge in [-0.2, -0.15) is 0 Å². The number of aliphatic carboxylic acids is 2. The number of hydrogen-bond donors (Lipinski definition) is 2. The molecular formula is C19H36O4. The van der Waals surface area contributed by atoms with Crippen molar-refractivity contribution in [2.45, 2.75) is 98.3 Å². The summed E-state index contributed by atoms with van der Waals surface area (Å²) in [7, 11) is 0. The number of unbranched alkanes of at least 4 members (excludes halogenated alkanes) is 4. The fraction of sp³-hybridized carbons (Fsp3) is 0.895. The predicted octanol–water partition coefficient (Wildman–Crippen LogP) is 5.50. The molecule has 0 aromatic carbocycles. The molecule has 0 rings (SSSR count). The van der Waals surface area contributed by atoms with E-state index in [-0.39, 0.29) is 0 Å². The highest BCUT2D eigenvalue weighted by Gasteiger charge is 2.36. The number of rotatable bonds is 14. The van der Waals surface area contributed by atoms with Gasteiger partial charge in [0.1, 0.15) is 0 Å². The van der Waals surface area contributed by atoms with Crippen molar-refractivity contribution in [1.82, 2.24) is 0 Å². The van der Waals surface area contributed by atoms with E-state index < -0.39 is 22.8 Å². The highest BCUT2D eigenvalue weighted by molar-refractivity contribution is 5.74. The van der Waals surface area contributed by atoms with Gasteiger partial charge in [0.25, 0.3) is 0 Å². The van der Waals surface area contributed by atoms with Crippen molar-refractivity contribution in [2.24, 2.45) is 10.8 Å². The van der Waals surface area contributed by atoms with E-state index in [1.165, 1.54) is 0 Å². The van der Waals surface area contributed by atoms with E-state index in [1.807, 2.05) is 0 Å². The Kier molecular flexibility index (Phi) is 10.2. The second kappa shape index (κ2) is 10.7. The van der Waals surface area contributed by atoms with Gasteiger partial charge in [0.15, 0.2) is 0 Å². The number of carboxylic acids is 2. The molecule has 0 fully saturated rings. The fourth-order valence-corrected chi connectivity index (χ4v) is 3.04. The molecule has 4 nitrogen and oxygen atoms in total. The summed E-state index contributed by atoms with van der Waals surface area (Å²) in [5, 5.41) is 18.9. The van der Waals surface area contributed by atoms with E-state index in [9.17, 15) is 14.7 Å². The van der Waals surface area contributed by atoms with E-state index in [1.54, 1.807) is 13.8 Å². The van der Waals surface area contributed by atoms with E-state index in [2.05, 4.69) is 13.8 Å². The van der Waals surface area contributed by atoms with Crippen LogP contribution in [0.1, 0.15) is 98.3 Å². The summed E-state index contributed by atoms with van der Waals surface area (Å²) in [5.74, 6) is -1.41. The van der Waals surface area contributed by atoms with E-state index in [0.29, 0.717) is 6.42 Å². The van der Waals surface area contributed by atoms with Crippen molar-refractivity contribution < 1.29 is 19.8 Å². The Morgan fingerprint density at radius 3 is 1.52 bits per heavy atom. The standard InChI is InChI=1S/C19H36O4/c1-5-7-13-19(17(22)23,14-8-6-2)15-11-9-10-12-18(3,4)16(20)21/h5-15H2,1-4H3,(H,20,21)(H,22,23). The van der Waals surface area contributed by atoms with Crippen molar-refractivity contribution in [1.29, 1.82) is 0 Å². The van der Waals surface area contributed by atoms with Crippen LogP contribution in [0.4, 0.5) is 0 Å². The minimum atomic E-state index is -0.761. The van der Waals surface area contributed by atoms with Crippen LogP contribution >= 0.6 is 0 Å². The Bertz CT molecular complexity index is 352. The van der Waals surface area contributed by atoms with Crippen LogP contribution in [0, 0.1) is 10.8 Å². The lowest BCUT2D eigenvalue weighted by molar-refractivity contribution is -0.150. The first-order chi connectivity index (χ1) is 10.7. The summed E-state index contributed by atoms with van der Waals surface area (Å²) in [6.07, 6.45) is 9.48. The molecule has 0 bridgehead atoms. The van der Waals surface area contributed by atoms with Gasteiger partial charge < -0.3 is 10.2 Å². The molecule has 0 aliphatic heterocycles. The molecule has 0 unspecified atom stereocenters. The van der Waals surface area contributed by atoms with Gasteiger partial charge in [-0.3, -0.25) is 9.59 Å². The smallest absolute Gasteiger partial charge is 0.309 e. The van der Waals surface area contributed by atoms with Gasteiger partial charge in [0.05, 0.1) is 10.8 Å². The maximum absolute atomic E-state index is 11.9. The topological polar surface area (TPSA) is 74.6 Å². The molecule has 0 heterocycles. The Morgan fingerprint density at radius 2 is 1.13 bits per heavy atom. The first kappa shape index (κ1) is 21.9. The minimum absolute atomic E-state index is 0.575. The third kappa shape index (κ3) is 7.85. The number of carboxylic acid groups (broad SMARTS) is 2. The third-order valence-electron chi connectivity index (χ3n) is 5.01. The summed E-state index contributed by atoms with van der Waals surface area (Å²) in [6, 6.07) is 0. The Morgan fingerprint density at radius 1 is 0.696 bits per heavy atom. The Hall–Kier alpha value is -1.06. The minimum Gasteiger partial charge on any atom is -0.481 e. The molecule has 4 heteroatoms. The van der Waals surface area contributed by atoms with Crippen LogP contribution in [-0.4, -0.2) is 22.2 Å². The van der Waals surface area contributed by atoms with Crippen molar-refractivity contribution in [2.75, 3.05) is 0 Å². The lowest BCUT2D eigenvalue weighted by Gasteiger charge is -2.30. The van der Waals surface area contributed by atoms with Crippen molar-refractivity contribution in [3.8, 4) is 0 Å². The monoisotopic (exact) mass is 328 g/mol. The van der Waals surface area contributed by atoms with Crippen LogP contribution in [-0.2, 0) is 9.59 Å². The molecule has 136 valence electrons. The van der Waals surface area contributed by atoms with Crippen LogP contribution in [0.15, 0.2) is 0 Å². The van der Waals surface area contributed by atoms with E-state index in [0.717, 1.165) is 64.2 Å². The predicted molar refractivity (Wildman–Crippen MR) is 93.6 cm³/mol. The molecule has 0 aromatic heterocycles. The zero-order valence-corrected chi connectivity index (χ0v) is 15.5. The van der Waals surface area contributed by atoms with Gasteiger partial charge in [-0.1, -0.05) is 58.8 Å². The van der Waals surface area contributed by atoms with Crippen molar-refractivity contribution in [3.05, 3.63) is 0 Å². The Labute approximate surface area is 141 Å². The molecule has 0 radical (unpaired) electrons. The number of hydrogen-bond acceptors (Lipinski definition) is 2. The lowest BCUT2D eigenvalue weighted by atomic mass is 9.74. The summed E-state index contributed by atoms with van der Waals surface area (Å²) in [6.45, 7) is 7.69. The summed E-state index contributed by atoms with van der Waals surface area (Å²) in [5.41, 5.74) is -1.26. The van der Waals surface area contributed by atoms with Crippen molar-refractivity contribution >= 4 is 11.9 Å². The zero-order valence-electron chi connectivity index (χ0n) is 15.5. The van der Waals surface area contributed by atoms with Gasteiger partial charge in [-0.25, -0.2) is 0 Å². The lowest BCUT2D eigenvalue weighted by Crippen LogP contribution is -2.31. The second-order valence-electron chi connectivity index (χ2n) is 7.54. The summed E-state index contributed by atoms with van der Waals surface area (Å²) in [4.78, 5) is 23.0. The van der Waals surface area contributed by atoms with Gasteiger partial charge in [-0.15, -0.1) is 0 Å². The normalized spacial score (nSPS) is 12.3. The third-order valence-corrected chi connectivity index (χ3v) is 5.01. The SMILES string of the molecule is CCCCC(CCCC)(CCCCCC(C)(C)C(=O)O)C(=O)O. The second-order valence-corrected chi connectivity index (χ2v) is 7.54. The molecule has 0 aromatic rings. The molecule has 0 atom stereocenters. The highest BCUT2D eigenvalue weighted by atomic mass is 16.4. The van der Waals surface area contributed by atoms with Crippen LogP contribution in [0.3, 0.4) is 0 Å². The average molecular weight is 328 g/mol.